The molecule has 174 valence electrons. The number of amides is 2. The Morgan fingerprint density at radius 2 is 1.60 bits per heavy atom. The Hall–Kier alpha value is -4.65. The van der Waals surface area contributed by atoms with Gasteiger partial charge in [0.05, 0.1) is 32.0 Å². The fourth-order valence-corrected chi connectivity index (χ4v) is 4.22. The van der Waals surface area contributed by atoms with Gasteiger partial charge in [-0.2, -0.15) is 0 Å². The van der Waals surface area contributed by atoms with E-state index in [2.05, 4.69) is 10.3 Å². The Balaban J connectivity index is 1.62. The number of nitrogens with zero attached hydrogens (tertiary/aromatic N) is 2. The molecule has 4 aromatic rings. The largest absolute Gasteiger partial charge is 0.493 e. The van der Waals surface area contributed by atoms with Gasteiger partial charge in [-0.05, 0) is 41.3 Å². The molecule has 0 spiro atoms. The van der Waals surface area contributed by atoms with E-state index < -0.39 is 11.8 Å². The van der Waals surface area contributed by atoms with Crippen molar-refractivity contribution in [3.05, 3.63) is 102 Å². The molecule has 0 atom stereocenters. The van der Waals surface area contributed by atoms with E-state index in [0.717, 1.165) is 16.5 Å². The van der Waals surface area contributed by atoms with Crippen LogP contribution in [0.25, 0.3) is 16.3 Å². The number of carbonyl (C=O) groups is 2. The minimum atomic E-state index is -0.418. The highest BCUT2D eigenvalue weighted by Gasteiger charge is 2.39. The fraction of sp³-hybridized carbons (Fsp3) is 0.107. The third-order valence-electron chi connectivity index (χ3n) is 5.94. The minimum Gasteiger partial charge on any atom is -0.493 e. The SMILES string of the molecule is COc1ccc(C2=C(Nc3cccc4ccccc34)C(=O)N(Cc3ccccn3)C2=O)cc1OC. The number of carbonyl (C=O) groups excluding carboxylic acids is 2. The molecule has 7 nitrogen and oxygen atoms in total. The molecule has 7 heteroatoms. The predicted molar refractivity (Wildman–Crippen MR) is 134 cm³/mol. The number of fused-ring (bicyclic) bond motifs is 1. The Morgan fingerprint density at radius 3 is 2.37 bits per heavy atom. The Bertz CT molecular complexity index is 1460. The van der Waals surface area contributed by atoms with Crippen molar-refractivity contribution in [2.24, 2.45) is 0 Å². The van der Waals surface area contributed by atoms with Gasteiger partial charge in [0.15, 0.2) is 11.5 Å². The number of nitrogens with one attached hydrogen (secondary N) is 1. The molecule has 5 rings (SSSR count). The fourth-order valence-electron chi connectivity index (χ4n) is 4.22. The van der Waals surface area contributed by atoms with Crippen LogP contribution in [0, 0.1) is 0 Å². The van der Waals surface area contributed by atoms with E-state index in [9.17, 15) is 9.59 Å². The number of imide groups is 1. The maximum Gasteiger partial charge on any atom is 0.278 e. The normalized spacial score (nSPS) is 13.5. The monoisotopic (exact) mass is 465 g/mol. The van der Waals surface area contributed by atoms with Crippen LogP contribution in [-0.4, -0.2) is 35.9 Å². The van der Waals surface area contributed by atoms with Crippen molar-refractivity contribution < 1.29 is 19.1 Å². The Kier molecular flexibility index (Phi) is 5.89. The Morgan fingerprint density at radius 1 is 0.829 bits per heavy atom. The lowest BCUT2D eigenvalue weighted by molar-refractivity contribution is -0.137. The van der Waals surface area contributed by atoms with Gasteiger partial charge in [0.25, 0.3) is 11.8 Å². The lowest BCUT2D eigenvalue weighted by Crippen LogP contribution is -2.32. The zero-order valence-corrected chi connectivity index (χ0v) is 19.3. The topological polar surface area (TPSA) is 80.8 Å². The summed E-state index contributed by atoms with van der Waals surface area (Å²) in [6.45, 7) is 0.0655. The van der Waals surface area contributed by atoms with Crippen molar-refractivity contribution in [2.75, 3.05) is 19.5 Å². The summed E-state index contributed by atoms with van der Waals surface area (Å²) in [7, 11) is 3.07. The number of rotatable bonds is 7. The summed E-state index contributed by atoms with van der Waals surface area (Å²) in [6, 6.07) is 24.2. The summed E-state index contributed by atoms with van der Waals surface area (Å²) in [6.07, 6.45) is 1.64. The lowest BCUT2D eigenvalue weighted by Gasteiger charge is -2.15. The quantitative estimate of drug-likeness (QED) is 0.401. The molecule has 0 saturated carbocycles. The Labute approximate surface area is 202 Å². The summed E-state index contributed by atoms with van der Waals surface area (Å²) in [5.41, 5.74) is 2.37. The molecular formula is C28H23N3O4. The second-order valence-corrected chi connectivity index (χ2v) is 7.99. The van der Waals surface area contributed by atoms with Gasteiger partial charge in [0.2, 0.25) is 0 Å². The van der Waals surface area contributed by atoms with Crippen molar-refractivity contribution in [1.82, 2.24) is 9.88 Å². The van der Waals surface area contributed by atoms with Gasteiger partial charge in [-0.1, -0.05) is 48.5 Å². The summed E-state index contributed by atoms with van der Waals surface area (Å²) in [5, 5.41) is 5.23. The second-order valence-electron chi connectivity index (χ2n) is 7.99. The average molecular weight is 466 g/mol. The van der Waals surface area contributed by atoms with Crippen LogP contribution >= 0.6 is 0 Å². The van der Waals surface area contributed by atoms with Crippen LogP contribution in [0.15, 0.2) is 90.8 Å². The van der Waals surface area contributed by atoms with Crippen LogP contribution < -0.4 is 14.8 Å². The molecule has 1 N–H and O–H groups in total. The molecule has 0 aliphatic carbocycles. The van der Waals surface area contributed by atoms with Crippen molar-refractivity contribution in [3.8, 4) is 11.5 Å². The van der Waals surface area contributed by atoms with Crippen LogP contribution in [0.4, 0.5) is 5.69 Å². The molecule has 2 heterocycles. The van der Waals surface area contributed by atoms with Gasteiger partial charge < -0.3 is 14.8 Å². The molecule has 0 radical (unpaired) electrons. The first kappa shape index (κ1) is 22.2. The first-order valence-electron chi connectivity index (χ1n) is 11.1. The first-order valence-corrected chi connectivity index (χ1v) is 11.1. The maximum atomic E-state index is 13.6. The molecule has 0 fully saturated rings. The van der Waals surface area contributed by atoms with Crippen LogP contribution in [0.1, 0.15) is 11.3 Å². The number of aromatic nitrogens is 1. The van der Waals surface area contributed by atoms with Crippen LogP contribution in [0.2, 0.25) is 0 Å². The molecule has 2 amide bonds. The third-order valence-corrected chi connectivity index (χ3v) is 5.94. The van der Waals surface area contributed by atoms with Crippen molar-refractivity contribution in [2.45, 2.75) is 6.54 Å². The highest BCUT2D eigenvalue weighted by Crippen LogP contribution is 2.37. The summed E-state index contributed by atoms with van der Waals surface area (Å²) < 4.78 is 10.8. The van der Waals surface area contributed by atoms with E-state index in [0.29, 0.717) is 22.8 Å². The van der Waals surface area contributed by atoms with E-state index in [4.69, 9.17) is 9.47 Å². The number of ether oxygens (including phenoxy) is 2. The number of anilines is 1. The van der Waals surface area contributed by atoms with E-state index >= 15 is 0 Å². The van der Waals surface area contributed by atoms with E-state index in [1.54, 1.807) is 43.6 Å². The molecular weight excluding hydrogens is 442 g/mol. The predicted octanol–water partition coefficient (Wildman–Crippen LogP) is 4.64. The maximum absolute atomic E-state index is 13.6. The highest BCUT2D eigenvalue weighted by atomic mass is 16.5. The summed E-state index contributed by atoms with van der Waals surface area (Å²) in [5.74, 6) is 0.168. The number of pyridine rings is 1. The first-order chi connectivity index (χ1) is 17.1. The van der Waals surface area contributed by atoms with E-state index in [-0.39, 0.29) is 17.8 Å². The van der Waals surface area contributed by atoms with E-state index in [1.165, 1.54) is 12.0 Å². The minimum absolute atomic E-state index is 0.0655. The molecule has 1 aromatic heterocycles. The molecule has 35 heavy (non-hydrogen) atoms. The molecule has 3 aromatic carbocycles. The average Bonchev–Trinajstić information content (AvgIpc) is 3.13. The van der Waals surface area contributed by atoms with Gasteiger partial charge in [-0.25, -0.2) is 0 Å². The number of hydrogen-bond acceptors (Lipinski definition) is 6. The number of benzene rings is 3. The molecule has 0 saturated heterocycles. The third kappa shape index (κ3) is 4.08. The van der Waals surface area contributed by atoms with Crippen LogP contribution in [0.3, 0.4) is 0 Å². The van der Waals surface area contributed by atoms with Crippen molar-refractivity contribution in [1.29, 1.82) is 0 Å². The van der Waals surface area contributed by atoms with Gasteiger partial charge >= 0.3 is 0 Å². The molecule has 1 aliphatic rings. The molecule has 0 bridgehead atoms. The second kappa shape index (κ2) is 9.30. The number of methoxy groups -OCH3 is 2. The lowest BCUT2D eigenvalue weighted by atomic mass is 10.0. The summed E-state index contributed by atoms with van der Waals surface area (Å²) in [4.78, 5) is 32.8. The van der Waals surface area contributed by atoms with Gasteiger partial charge in [0, 0.05) is 17.3 Å². The van der Waals surface area contributed by atoms with Gasteiger partial charge in [0.1, 0.15) is 5.70 Å². The van der Waals surface area contributed by atoms with Crippen LogP contribution in [-0.2, 0) is 16.1 Å². The van der Waals surface area contributed by atoms with Gasteiger partial charge in [-0.3, -0.25) is 19.5 Å². The van der Waals surface area contributed by atoms with Crippen molar-refractivity contribution >= 4 is 33.8 Å². The zero-order valence-electron chi connectivity index (χ0n) is 19.3. The zero-order chi connectivity index (χ0) is 24.4. The highest BCUT2D eigenvalue weighted by molar-refractivity contribution is 6.36. The van der Waals surface area contributed by atoms with E-state index in [1.807, 2.05) is 48.5 Å². The smallest absolute Gasteiger partial charge is 0.278 e. The molecule has 1 aliphatic heterocycles. The van der Waals surface area contributed by atoms with Crippen molar-refractivity contribution in [3.63, 3.8) is 0 Å². The van der Waals surface area contributed by atoms with Gasteiger partial charge in [-0.15, -0.1) is 0 Å². The summed E-state index contributed by atoms with van der Waals surface area (Å²) >= 11 is 0. The van der Waals surface area contributed by atoms with Crippen LogP contribution in [0.5, 0.6) is 11.5 Å². The number of hydrogen-bond donors (Lipinski definition) is 1. The standard InChI is InChI=1S/C28H23N3O4/c1-34-23-14-13-19(16-24(23)35-2)25-26(30-22-12-7-9-18-8-3-4-11-21(18)22)28(33)31(27(25)32)17-20-10-5-6-15-29-20/h3-16,30H,17H2,1-2H3. The molecule has 0 unspecified atom stereocenters.